The highest BCUT2D eigenvalue weighted by Crippen LogP contribution is 2.28. The summed E-state index contributed by atoms with van der Waals surface area (Å²) >= 11 is 2.78. The molecule has 3 rings (SSSR count). The summed E-state index contributed by atoms with van der Waals surface area (Å²) in [5.41, 5.74) is 2.18. The molecule has 0 atom stereocenters. The van der Waals surface area contributed by atoms with E-state index < -0.39 is 0 Å². The fourth-order valence-electron chi connectivity index (χ4n) is 1.76. The molecule has 0 aliphatic rings. The van der Waals surface area contributed by atoms with Gasteiger partial charge >= 0.3 is 0 Å². The number of benzene rings is 1. The van der Waals surface area contributed by atoms with Crippen molar-refractivity contribution in [2.24, 2.45) is 0 Å². The van der Waals surface area contributed by atoms with Crippen LogP contribution in [0, 0.1) is 6.92 Å². The molecule has 2 aromatic heterocycles. The molecule has 0 aliphatic carbocycles. The highest BCUT2D eigenvalue weighted by Gasteiger charge is 2.12. The Kier molecular flexibility index (Phi) is 3.58. The third-order valence-corrected chi connectivity index (χ3v) is 4.51. The smallest absolute Gasteiger partial charge is 0.267 e. The van der Waals surface area contributed by atoms with Gasteiger partial charge in [-0.2, -0.15) is 0 Å². The van der Waals surface area contributed by atoms with Gasteiger partial charge in [-0.3, -0.25) is 10.1 Å². The SMILES string of the molecule is Cc1ccccc1-c1nnc(NC(=O)c2cccs2)s1. The van der Waals surface area contributed by atoms with Crippen molar-refractivity contribution in [1.29, 1.82) is 0 Å². The van der Waals surface area contributed by atoms with Crippen molar-refractivity contribution >= 4 is 33.7 Å². The summed E-state index contributed by atoms with van der Waals surface area (Å²) in [5, 5.41) is 14.1. The zero-order valence-corrected chi connectivity index (χ0v) is 12.3. The molecule has 1 amide bonds. The summed E-state index contributed by atoms with van der Waals surface area (Å²) in [6.07, 6.45) is 0. The van der Waals surface area contributed by atoms with E-state index in [0.717, 1.165) is 16.1 Å². The minimum atomic E-state index is -0.146. The van der Waals surface area contributed by atoms with Crippen molar-refractivity contribution in [3.05, 3.63) is 52.2 Å². The molecule has 6 heteroatoms. The van der Waals surface area contributed by atoms with Gasteiger partial charge in [0.05, 0.1) is 4.88 Å². The van der Waals surface area contributed by atoms with Crippen molar-refractivity contribution in [2.45, 2.75) is 6.92 Å². The number of anilines is 1. The number of amides is 1. The van der Waals surface area contributed by atoms with E-state index in [1.165, 1.54) is 22.7 Å². The molecule has 4 nitrogen and oxygen atoms in total. The Morgan fingerprint density at radius 2 is 2.00 bits per heavy atom. The number of nitrogens with zero attached hydrogens (tertiary/aromatic N) is 2. The third-order valence-electron chi connectivity index (χ3n) is 2.77. The Hall–Kier alpha value is -2.05. The van der Waals surface area contributed by atoms with Crippen molar-refractivity contribution in [3.63, 3.8) is 0 Å². The summed E-state index contributed by atoms with van der Waals surface area (Å²) in [6.45, 7) is 2.03. The van der Waals surface area contributed by atoms with E-state index in [1.54, 1.807) is 6.07 Å². The fourth-order valence-corrected chi connectivity index (χ4v) is 3.21. The van der Waals surface area contributed by atoms with Gasteiger partial charge in [0.2, 0.25) is 5.13 Å². The minimum absolute atomic E-state index is 0.146. The molecule has 0 fully saturated rings. The van der Waals surface area contributed by atoms with Crippen molar-refractivity contribution in [1.82, 2.24) is 10.2 Å². The minimum Gasteiger partial charge on any atom is -0.296 e. The molecule has 0 spiro atoms. The molecule has 0 saturated carbocycles. The molecule has 20 heavy (non-hydrogen) atoms. The number of carbonyl (C=O) groups excluding carboxylic acids is 1. The molecule has 3 aromatic rings. The Morgan fingerprint density at radius 3 is 2.75 bits per heavy atom. The van der Waals surface area contributed by atoms with Gasteiger partial charge in [0.25, 0.3) is 5.91 Å². The summed E-state index contributed by atoms with van der Waals surface area (Å²) in [5.74, 6) is -0.146. The van der Waals surface area contributed by atoms with Crippen molar-refractivity contribution < 1.29 is 4.79 Å². The molecule has 0 bridgehead atoms. The van der Waals surface area contributed by atoms with Gasteiger partial charge in [-0.15, -0.1) is 21.5 Å². The first-order chi connectivity index (χ1) is 9.74. The lowest BCUT2D eigenvalue weighted by Gasteiger charge is -1.99. The number of aromatic nitrogens is 2. The maximum absolute atomic E-state index is 11.9. The van der Waals surface area contributed by atoms with E-state index in [9.17, 15) is 4.79 Å². The number of carbonyl (C=O) groups is 1. The van der Waals surface area contributed by atoms with E-state index in [4.69, 9.17) is 0 Å². The molecule has 100 valence electrons. The number of thiophene rings is 1. The maximum atomic E-state index is 11.9. The van der Waals surface area contributed by atoms with Gasteiger partial charge in [-0.05, 0) is 23.9 Å². The normalized spacial score (nSPS) is 10.4. The third kappa shape index (κ3) is 2.61. The predicted molar refractivity (Wildman–Crippen MR) is 82.4 cm³/mol. The number of hydrogen-bond donors (Lipinski definition) is 1. The van der Waals surface area contributed by atoms with Gasteiger partial charge in [-0.1, -0.05) is 41.7 Å². The monoisotopic (exact) mass is 301 g/mol. The van der Waals surface area contributed by atoms with E-state index >= 15 is 0 Å². The van der Waals surface area contributed by atoms with Gasteiger partial charge in [0.1, 0.15) is 5.01 Å². The van der Waals surface area contributed by atoms with Crippen LogP contribution < -0.4 is 5.32 Å². The summed E-state index contributed by atoms with van der Waals surface area (Å²) in [6, 6.07) is 11.6. The van der Waals surface area contributed by atoms with Gasteiger partial charge in [0, 0.05) is 5.56 Å². The Bertz CT molecular complexity index is 734. The molecule has 0 radical (unpaired) electrons. The highest BCUT2D eigenvalue weighted by atomic mass is 32.1. The molecule has 0 saturated heterocycles. The van der Waals surface area contributed by atoms with E-state index in [1.807, 2.05) is 42.6 Å². The number of aryl methyl sites for hydroxylation is 1. The molecule has 1 aromatic carbocycles. The summed E-state index contributed by atoms with van der Waals surface area (Å²) in [7, 11) is 0. The predicted octanol–water partition coefficient (Wildman–Crippen LogP) is 3.83. The van der Waals surface area contributed by atoms with Crippen LogP contribution in [0.2, 0.25) is 0 Å². The van der Waals surface area contributed by atoms with Crippen LogP contribution in [0.3, 0.4) is 0 Å². The van der Waals surface area contributed by atoms with Crippen LogP contribution in [0.5, 0.6) is 0 Å². The molecule has 0 aliphatic heterocycles. The largest absolute Gasteiger partial charge is 0.296 e. The first kappa shape index (κ1) is 13.0. The number of rotatable bonds is 3. The zero-order chi connectivity index (χ0) is 13.9. The van der Waals surface area contributed by atoms with Crippen LogP contribution in [-0.2, 0) is 0 Å². The first-order valence-electron chi connectivity index (χ1n) is 5.98. The highest BCUT2D eigenvalue weighted by molar-refractivity contribution is 7.18. The lowest BCUT2D eigenvalue weighted by atomic mass is 10.1. The standard InChI is InChI=1S/C14H11N3OS2/c1-9-5-2-3-6-10(9)13-16-17-14(20-13)15-12(18)11-7-4-8-19-11/h2-8H,1H3,(H,15,17,18). The average Bonchev–Trinajstić information content (AvgIpc) is 3.10. The Balaban J connectivity index is 1.81. The van der Waals surface area contributed by atoms with Crippen LogP contribution in [0.4, 0.5) is 5.13 Å². The van der Waals surface area contributed by atoms with E-state index in [-0.39, 0.29) is 5.91 Å². The molecule has 1 N–H and O–H groups in total. The summed E-state index contributed by atoms with van der Waals surface area (Å²) < 4.78 is 0. The van der Waals surface area contributed by atoms with Crippen LogP contribution >= 0.6 is 22.7 Å². The Morgan fingerprint density at radius 1 is 1.15 bits per heavy atom. The average molecular weight is 301 g/mol. The van der Waals surface area contributed by atoms with Gasteiger partial charge in [-0.25, -0.2) is 0 Å². The second-order valence-electron chi connectivity index (χ2n) is 4.16. The summed E-state index contributed by atoms with van der Waals surface area (Å²) in [4.78, 5) is 12.6. The number of hydrogen-bond acceptors (Lipinski definition) is 5. The second kappa shape index (κ2) is 5.52. The van der Waals surface area contributed by atoms with E-state index in [2.05, 4.69) is 15.5 Å². The van der Waals surface area contributed by atoms with Crippen LogP contribution in [0.25, 0.3) is 10.6 Å². The van der Waals surface area contributed by atoms with Crippen LogP contribution in [-0.4, -0.2) is 16.1 Å². The molecular weight excluding hydrogens is 290 g/mol. The van der Waals surface area contributed by atoms with Crippen molar-refractivity contribution in [3.8, 4) is 10.6 Å². The van der Waals surface area contributed by atoms with E-state index in [0.29, 0.717) is 10.0 Å². The second-order valence-corrected chi connectivity index (χ2v) is 6.08. The first-order valence-corrected chi connectivity index (χ1v) is 7.68. The molecule has 2 heterocycles. The van der Waals surface area contributed by atoms with Crippen molar-refractivity contribution in [2.75, 3.05) is 5.32 Å². The van der Waals surface area contributed by atoms with Gasteiger partial charge in [0.15, 0.2) is 0 Å². The zero-order valence-electron chi connectivity index (χ0n) is 10.7. The van der Waals surface area contributed by atoms with Crippen LogP contribution in [0.1, 0.15) is 15.2 Å². The van der Waals surface area contributed by atoms with Crippen LogP contribution in [0.15, 0.2) is 41.8 Å². The topological polar surface area (TPSA) is 54.9 Å². The lowest BCUT2D eigenvalue weighted by Crippen LogP contribution is -2.09. The molecule has 0 unspecified atom stereocenters. The quantitative estimate of drug-likeness (QED) is 0.800. The molecular formula is C14H11N3OS2. The number of nitrogens with one attached hydrogen (secondary N) is 1. The Labute approximate surface area is 124 Å². The maximum Gasteiger partial charge on any atom is 0.267 e. The van der Waals surface area contributed by atoms with Gasteiger partial charge < -0.3 is 0 Å². The lowest BCUT2D eigenvalue weighted by molar-refractivity contribution is 0.103. The fraction of sp³-hybridized carbons (Fsp3) is 0.0714.